The lowest BCUT2D eigenvalue weighted by molar-refractivity contribution is -0.0828. The van der Waals surface area contributed by atoms with Crippen LogP contribution in [0.1, 0.15) is 25.0 Å². The SMILES string of the molecule is CCOP(=O)(C[C@H]1O[C@H](CO)[C@@H](OCc2ccccc2)[C@@H]1OCc1ccccc1)OCC. The summed E-state index contributed by atoms with van der Waals surface area (Å²) in [6.07, 6.45) is -2.28. The van der Waals surface area contributed by atoms with E-state index >= 15 is 0 Å². The average molecular weight is 464 g/mol. The van der Waals surface area contributed by atoms with E-state index in [2.05, 4.69) is 0 Å². The average Bonchev–Trinajstić information content (AvgIpc) is 3.13. The minimum Gasteiger partial charge on any atom is -0.394 e. The Hall–Kier alpha value is -1.57. The maximum atomic E-state index is 13.2. The van der Waals surface area contributed by atoms with Crippen LogP contribution in [-0.2, 0) is 41.0 Å². The summed E-state index contributed by atoms with van der Waals surface area (Å²) in [6.45, 7) is 4.50. The van der Waals surface area contributed by atoms with Gasteiger partial charge in [-0.1, -0.05) is 60.7 Å². The van der Waals surface area contributed by atoms with Gasteiger partial charge in [-0.2, -0.15) is 0 Å². The van der Waals surface area contributed by atoms with E-state index in [-0.39, 0.29) is 26.0 Å². The molecule has 2 aromatic rings. The summed E-state index contributed by atoms with van der Waals surface area (Å²) in [5.41, 5.74) is 2.00. The molecule has 0 aliphatic carbocycles. The molecule has 0 unspecified atom stereocenters. The third-order valence-electron chi connectivity index (χ3n) is 5.21. The Morgan fingerprint density at radius 2 is 1.28 bits per heavy atom. The Morgan fingerprint density at radius 1 is 0.812 bits per heavy atom. The Labute approximate surface area is 190 Å². The molecule has 1 fully saturated rings. The van der Waals surface area contributed by atoms with E-state index in [0.29, 0.717) is 13.2 Å². The molecule has 8 heteroatoms. The Balaban J connectivity index is 1.78. The van der Waals surface area contributed by atoms with Crippen LogP contribution >= 0.6 is 7.60 Å². The highest BCUT2D eigenvalue weighted by molar-refractivity contribution is 7.53. The van der Waals surface area contributed by atoms with Gasteiger partial charge in [-0.25, -0.2) is 0 Å². The van der Waals surface area contributed by atoms with E-state index in [0.717, 1.165) is 11.1 Å². The van der Waals surface area contributed by atoms with E-state index in [1.807, 2.05) is 60.7 Å². The zero-order valence-corrected chi connectivity index (χ0v) is 19.6. The van der Waals surface area contributed by atoms with Crippen molar-refractivity contribution in [2.75, 3.05) is 26.0 Å². The molecule has 1 heterocycles. The van der Waals surface area contributed by atoms with Gasteiger partial charge in [0.15, 0.2) is 0 Å². The van der Waals surface area contributed by atoms with Gasteiger partial charge in [-0.15, -0.1) is 0 Å². The lowest BCUT2D eigenvalue weighted by Crippen LogP contribution is -2.39. The first kappa shape index (κ1) is 25.1. The highest BCUT2D eigenvalue weighted by Gasteiger charge is 2.49. The van der Waals surface area contributed by atoms with Crippen LogP contribution in [-0.4, -0.2) is 55.5 Å². The van der Waals surface area contributed by atoms with Crippen LogP contribution < -0.4 is 0 Å². The second-order valence-electron chi connectivity index (χ2n) is 7.55. The highest BCUT2D eigenvalue weighted by atomic mass is 31.2. The highest BCUT2D eigenvalue weighted by Crippen LogP contribution is 2.50. The van der Waals surface area contributed by atoms with Gasteiger partial charge in [0.2, 0.25) is 0 Å². The van der Waals surface area contributed by atoms with Crippen molar-refractivity contribution in [2.45, 2.75) is 51.5 Å². The maximum Gasteiger partial charge on any atom is 0.333 e. The van der Waals surface area contributed by atoms with E-state index in [1.165, 1.54) is 0 Å². The summed E-state index contributed by atoms with van der Waals surface area (Å²) >= 11 is 0. The smallest absolute Gasteiger partial charge is 0.333 e. The first-order chi connectivity index (χ1) is 15.6. The third kappa shape index (κ3) is 6.96. The van der Waals surface area contributed by atoms with E-state index in [9.17, 15) is 9.67 Å². The van der Waals surface area contributed by atoms with Gasteiger partial charge in [0.1, 0.15) is 18.3 Å². The predicted octanol–water partition coefficient (Wildman–Crippen LogP) is 4.18. The van der Waals surface area contributed by atoms with E-state index < -0.39 is 32.0 Å². The van der Waals surface area contributed by atoms with E-state index in [1.54, 1.807) is 13.8 Å². The van der Waals surface area contributed by atoms with Crippen LogP contribution in [0.15, 0.2) is 60.7 Å². The minimum absolute atomic E-state index is 0.0236. The van der Waals surface area contributed by atoms with Crippen molar-refractivity contribution in [1.29, 1.82) is 0 Å². The zero-order chi connectivity index (χ0) is 22.8. The molecule has 1 N–H and O–H groups in total. The molecule has 0 spiro atoms. The van der Waals surface area contributed by atoms with Gasteiger partial charge in [0, 0.05) is 0 Å². The summed E-state index contributed by atoms with van der Waals surface area (Å²) in [5, 5.41) is 9.97. The Morgan fingerprint density at radius 3 is 1.72 bits per heavy atom. The van der Waals surface area contributed by atoms with Crippen molar-refractivity contribution in [2.24, 2.45) is 0 Å². The van der Waals surface area contributed by atoms with Crippen molar-refractivity contribution in [3.8, 4) is 0 Å². The summed E-state index contributed by atoms with van der Waals surface area (Å²) in [7, 11) is -3.38. The number of aliphatic hydroxyl groups is 1. The van der Waals surface area contributed by atoms with Crippen LogP contribution in [0.25, 0.3) is 0 Å². The molecule has 0 saturated carbocycles. The van der Waals surface area contributed by atoms with Gasteiger partial charge in [0.25, 0.3) is 0 Å². The van der Waals surface area contributed by atoms with Crippen molar-refractivity contribution in [3.63, 3.8) is 0 Å². The molecule has 4 atom stereocenters. The summed E-state index contributed by atoms with van der Waals surface area (Å²) in [6, 6.07) is 19.6. The lowest BCUT2D eigenvalue weighted by atomic mass is 10.1. The fourth-order valence-electron chi connectivity index (χ4n) is 3.79. The Bertz CT molecular complexity index is 823. The number of hydrogen-bond acceptors (Lipinski definition) is 7. The predicted molar refractivity (Wildman–Crippen MR) is 122 cm³/mol. The summed E-state index contributed by atoms with van der Waals surface area (Å²) in [5.74, 6) is 0. The van der Waals surface area contributed by atoms with Gasteiger partial charge < -0.3 is 28.4 Å². The van der Waals surface area contributed by atoms with Crippen LogP contribution in [0.4, 0.5) is 0 Å². The van der Waals surface area contributed by atoms with Crippen LogP contribution in [0.2, 0.25) is 0 Å². The van der Waals surface area contributed by atoms with Crippen molar-refractivity contribution < 1.29 is 32.9 Å². The molecule has 2 aromatic carbocycles. The fraction of sp³-hybridized carbons (Fsp3) is 0.500. The van der Waals surface area contributed by atoms with Crippen LogP contribution in [0.5, 0.6) is 0 Å². The molecule has 0 bridgehead atoms. The van der Waals surface area contributed by atoms with Crippen LogP contribution in [0, 0.1) is 0 Å². The molecule has 7 nitrogen and oxygen atoms in total. The molecular formula is C24H33O7P. The largest absolute Gasteiger partial charge is 0.394 e. The lowest BCUT2D eigenvalue weighted by Gasteiger charge is -2.26. The second kappa shape index (κ2) is 12.6. The molecule has 0 aromatic heterocycles. The first-order valence-electron chi connectivity index (χ1n) is 11.0. The summed E-state index contributed by atoms with van der Waals surface area (Å²) in [4.78, 5) is 0. The van der Waals surface area contributed by atoms with Crippen molar-refractivity contribution in [3.05, 3.63) is 71.8 Å². The van der Waals surface area contributed by atoms with Crippen molar-refractivity contribution >= 4 is 7.60 Å². The van der Waals surface area contributed by atoms with Gasteiger partial charge in [0.05, 0.1) is 45.3 Å². The first-order valence-corrected chi connectivity index (χ1v) is 12.8. The molecular weight excluding hydrogens is 431 g/mol. The quantitative estimate of drug-likeness (QED) is 0.445. The zero-order valence-electron chi connectivity index (χ0n) is 18.7. The molecule has 3 rings (SSSR count). The standard InChI is InChI=1S/C24H33O7P/c1-3-29-32(26,30-4-2)18-22-24(28-17-20-13-9-6-10-14-20)23(21(15-25)31-22)27-16-19-11-7-5-8-12-19/h5-14,21-25H,3-4,15-18H2,1-2H3/t21-,22-,23-,24-/m1/s1. The number of benzene rings is 2. The summed E-state index contributed by atoms with van der Waals surface area (Å²) < 4.78 is 42.6. The van der Waals surface area contributed by atoms with Gasteiger partial charge in [-0.05, 0) is 25.0 Å². The minimum atomic E-state index is -3.38. The number of hydrogen-bond donors (Lipinski definition) is 1. The molecule has 0 amide bonds. The molecule has 1 saturated heterocycles. The van der Waals surface area contributed by atoms with Crippen molar-refractivity contribution in [1.82, 2.24) is 0 Å². The number of aliphatic hydroxyl groups excluding tert-OH is 1. The van der Waals surface area contributed by atoms with Gasteiger partial charge >= 0.3 is 7.60 Å². The monoisotopic (exact) mass is 464 g/mol. The topological polar surface area (TPSA) is 83.5 Å². The number of rotatable bonds is 13. The molecule has 0 radical (unpaired) electrons. The normalized spacial score (nSPS) is 23.5. The molecule has 176 valence electrons. The fourth-order valence-corrected chi connectivity index (χ4v) is 5.60. The van der Waals surface area contributed by atoms with E-state index in [4.69, 9.17) is 23.3 Å². The molecule has 32 heavy (non-hydrogen) atoms. The molecule has 1 aliphatic heterocycles. The number of ether oxygens (including phenoxy) is 3. The second-order valence-corrected chi connectivity index (χ2v) is 9.65. The molecule has 1 aliphatic rings. The maximum absolute atomic E-state index is 13.2. The van der Waals surface area contributed by atoms with Gasteiger partial charge in [-0.3, -0.25) is 4.57 Å². The van der Waals surface area contributed by atoms with Crippen LogP contribution in [0.3, 0.4) is 0 Å². The third-order valence-corrected chi connectivity index (χ3v) is 7.32. The Kier molecular flexibility index (Phi) is 9.88.